The second kappa shape index (κ2) is 4.62. The van der Waals surface area contributed by atoms with Gasteiger partial charge in [0.05, 0.1) is 6.26 Å². The summed E-state index contributed by atoms with van der Waals surface area (Å²) in [5.74, 6) is 1.19. The first-order valence-corrected chi connectivity index (χ1v) is 6.36. The summed E-state index contributed by atoms with van der Waals surface area (Å²) < 4.78 is 5.49. The fourth-order valence-electron chi connectivity index (χ4n) is 2.32. The lowest BCUT2D eigenvalue weighted by Crippen LogP contribution is -2.27. The molecular formula is C14H23NO. The maximum Gasteiger partial charge on any atom is 0.108 e. The molecule has 0 bridgehead atoms. The predicted molar refractivity (Wildman–Crippen MR) is 66.5 cm³/mol. The molecule has 0 saturated carbocycles. The lowest BCUT2D eigenvalue weighted by Gasteiger charge is -2.25. The largest absolute Gasteiger partial charge is 0.469 e. The molecule has 0 fully saturated rings. The first-order valence-electron chi connectivity index (χ1n) is 6.36. The van der Waals surface area contributed by atoms with Crippen molar-refractivity contribution < 1.29 is 4.42 Å². The van der Waals surface area contributed by atoms with Crippen molar-refractivity contribution in [3.63, 3.8) is 0 Å². The number of hydrogen-bond donors (Lipinski definition) is 1. The topological polar surface area (TPSA) is 25.2 Å². The summed E-state index contributed by atoms with van der Waals surface area (Å²) in [4.78, 5) is 0. The Hall–Kier alpha value is -0.760. The van der Waals surface area contributed by atoms with Crippen molar-refractivity contribution in [3.05, 3.63) is 23.7 Å². The molecule has 0 aromatic carbocycles. The van der Waals surface area contributed by atoms with Crippen LogP contribution in [0.4, 0.5) is 0 Å². The standard InChI is InChI=1S/C14H23NO/c1-14(2,3)8-9-15-12-5-4-6-13-11(12)7-10-16-13/h7,10,12,15H,4-6,8-9H2,1-3H3. The van der Waals surface area contributed by atoms with Gasteiger partial charge in [0.15, 0.2) is 0 Å². The van der Waals surface area contributed by atoms with Crippen molar-refractivity contribution in [2.45, 2.75) is 52.5 Å². The predicted octanol–water partition coefficient (Wildman–Crippen LogP) is 3.68. The van der Waals surface area contributed by atoms with E-state index < -0.39 is 0 Å². The summed E-state index contributed by atoms with van der Waals surface area (Å²) in [7, 11) is 0. The van der Waals surface area contributed by atoms with Gasteiger partial charge in [-0.15, -0.1) is 0 Å². The monoisotopic (exact) mass is 221 g/mol. The van der Waals surface area contributed by atoms with Crippen molar-refractivity contribution in [1.82, 2.24) is 5.32 Å². The van der Waals surface area contributed by atoms with Gasteiger partial charge in [0.1, 0.15) is 5.76 Å². The third kappa shape index (κ3) is 2.88. The first-order chi connectivity index (χ1) is 7.56. The summed E-state index contributed by atoms with van der Waals surface area (Å²) in [5.41, 5.74) is 1.81. The molecule has 1 N–H and O–H groups in total. The minimum atomic E-state index is 0.418. The Kier molecular flexibility index (Phi) is 3.38. The summed E-state index contributed by atoms with van der Waals surface area (Å²) in [5, 5.41) is 3.66. The number of furan rings is 1. The smallest absolute Gasteiger partial charge is 0.108 e. The van der Waals surface area contributed by atoms with Crippen LogP contribution in [0.2, 0.25) is 0 Å². The van der Waals surface area contributed by atoms with Gasteiger partial charge in [0.2, 0.25) is 0 Å². The normalized spacial score (nSPS) is 20.8. The first kappa shape index (κ1) is 11.7. The van der Waals surface area contributed by atoms with E-state index in [4.69, 9.17) is 4.42 Å². The zero-order valence-corrected chi connectivity index (χ0v) is 10.7. The Balaban J connectivity index is 1.88. The number of hydrogen-bond acceptors (Lipinski definition) is 2. The highest BCUT2D eigenvalue weighted by Gasteiger charge is 2.22. The van der Waals surface area contributed by atoms with Crippen LogP contribution in [0, 0.1) is 5.41 Å². The van der Waals surface area contributed by atoms with Crippen molar-refractivity contribution in [2.24, 2.45) is 5.41 Å². The van der Waals surface area contributed by atoms with Crippen molar-refractivity contribution in [2.75, 3.05) is 6.54 Å². The van der Waals surface area contributed by atoms with E-state index in [1.165, 1.54) is 30.6 Å². The fourth-order valence-corrected chi connectivity index (χ4v) is 2.32. The van der Waals surface area contributed by atoms with Crippen LogP contribution in [0.1, 0.15) is 57.4 Å². The van der Waals surface area contributed by atoms with Crippen LogP contribution in [0.5, 0.6) is 0 Å². The molecule has 90 valence electrons. The summed E-state index contributed by atoms with van der Waals surface area (Å²) in [6.45, 7) is 7.97. The number of fused-ring (bicyclic) bond motifs is 1. The third-order valence-corrected chi connectivity index (χ3v) is 3.32. The molecule has 0 radical (unpaired) electrons. The molecule has 1 aromatic rings. The maximum atomic E-state index is 5.49. The molecule has 16 heavy (non-hydrogen) atoms. The molecule has 2 nitrogen and oxygen atoms in total. The second-order valence-electron chi connectivity index (χ2n) is 6.01. The number of nitrogens with one attached hydrogen (secondary N) is 1. The van der Waals surface area contributed by atoms with E-state index in [-0.39, 0.29) is 0 Å². The van der Waals surface area contributed by atoms with Gasteiger partial charge in [-0.3, -0.25) is 0 Å². The highest BCUT2D eigenvalue weighted by Crippen LogP contribution is 2.30. The van der Waals surface area contributed by atoms with Crippen LogP contribution in [0.15, 0.2) is 16.7 Å². The second-order valence-corrected chi connectivity index (χ2v) is 6.01. The number of rotatable bonds is 3. The Morgan fingerprint density at radius 3 is 3.00 bits per heavy atom. The molecule has 0 aliphatic heterocycles. The van der Waals surface area contributed by atoms with Crippen LogP contribution < -0.4 is 5.32 Å². The van der Waals surface area contributed by atoms with E-state index in [0.717, 1.165) is 13.0 Å². The molecule has 1 heterocycles. The van der Waals surface area contributed by atoms with E-state index in [9.17, 15) is 0 Å². The van der Waals surface area contributed by atoms with Crippen LogP contribution in [0.25, 0.3) is 0 Å². The van der Waals surface area contributed by atoms with Crippen LogP contribution in [-0.4, -0.2) is 6.54 Å². The average molecular weight is 221 g/mol. The van der Waals surface area contributed by atoms with Gasteiger partial charge in [-0.2, -0.15) is 0 Å². The average Bonchev–Trinajstić information content (AvgIpc) is 2.64. The molecule has 1 aromatic heterocycles. The molecule has 1 atom stereocenters. The summed E-state index contributed by atoms with van der Waals surface area (Å²) in [6.07, 6.45) is 6.65. The van der Waals surface area contributed by atoms with Gasteiger partial charge in [-0.1, -0.05) is 20.8 Å². The minimum Gasteiger partial charge on any atom is -0.469 e. The molecular weight excluding hydrogens is 198 g/mol. The van der Waals surface area contributed by atoms with E-state index in [1.54, 1.807) is 0 Å². The maximum absolute atomic E-state index is 5.49. The zero-order chi connectivity index (χ0) is 11.6. The molecule has 1 aliphatic rings. The Bertz CT molecular complexity index is 335. The van der Waals surface area contributed by atoms with E-state index in [2.05, 4.69) is 32.2 Å². The van der Waals surface area contributed by atoms with E-state index in [1.807, 2.05) is 6.26 Å². The third-order valence-electron chi connectivity index (χ3n) is 3.32. The van der Waals surface area contributed by atoms with Gasteiger partial charge >= 0.3 is 0 Å². The van der Waals surface area contributed by atoms with Crippen LogP contribution >= 0.6 is 0 Å². The minimum absolute atomic E-state index is 0.418. The van der Waals surface area contributed by atoms with Crippen molar-refractivity contribution in [3.8, 4) is 0 Å². The van der Waals surface area contributed by atoms with E-state index in [0.29, 0.717) is 11.5 Å². The van der Waals surface area contributed by atoms with Gasteiger partial charge < -0.3 is 9.73 Å². The lowest BCUT2D eigenvalue weighted by atomic mass is 9.90. The highest BCUT2D eigenvalue weighted by atomic mass is 16.3. The van der Waals surface area contributed by atoms with E-state index >= 15 is 0 Å². The summed E-state index contributed by atoms with van der Waals surface area (Å²) >= 11 is 0. The van der Waals surface area contributed by atoms with Gasteiger partial charge in [0, 0.05) is 18.0 Å². The molecule has 1 aliphatic carbocycles. The molecule has 0 saturated heterocycles. The van der Waals surface area contributed by atoms with Gasteiger partial charge in [-0.25, -0.2) is 0 Å². The molecule has 1 unspecified atom stereocenters. The highest BCUT2D eigenvalue weighted by molar-refractivity contribution is 5.23. The van der Waals surface area contributed by atoms with Crippen LogP contribution in [0.3, 0.4) is 0 Å². The SMILES string of the molecule is CC(C)(C)CCNC1CCCc2occc21. The fraction of sp³-hybridized carbons (Fsp3) is 0.714. The van der Waals surface area contributed by atoms with Crippen LogP contribution in [-0.2, 0) is 6.42 Å². The van der Waals surface area contributed by atoms with Crippen molar-refractivity contribution in [1.29, 1.82) is 0 Å². The zero-order valence-electron chi connectivity index (χ0n) is 10.7. The lowest BCUT2D eigenvalue weighted by molar-refractivity contribution is 0.340. The Morgan fingerprint density at radius 2 is 2.25 bits per heavy atom. The van der Waals surface area contributed by atoms with Crippen molar-refractivity contribution >= 4 is 0 Å². The Morgan fingerprint density at radius 1 is 1.44 bits per heavy atom. The Labute approximate surface area is 98.4 Å². The molecule has 2 heteroatoms. The van der Waals surface area contributed by atoms with Gasteiger partial charge in [-0.05, 0) is 37.3 Å². The quantitative estimate of drug-likeness (QED) is 0.842. The number of aryl methyl sites for hydroxylation is 1. The summed E-state index contributed by atoms with van der Waals surface area (Å²) in [6, 6.07) is 2.65. The molecule has 2 rings (SSSR count). The molecule has 0 amide bonds. The van der Waals surface area contributed by atoms with Gasteiger partial charge in [0.25, 0.3) is 0 Å². The molecule has 0 spiro atoms.